The van der Waals surface area contributed by atoms with E-state index >= 15 is 0 Å². The normalized spacial score (nSPS) is 12.6. The Hall–Kier alpha value is -1.26. The molecule has 0 aliphatic heterocycles. The van der Waals surface area contributed by atoms with Gasteiger partial charge in [0.15, 0.2) is 0 Å². The highest BCUT2D eigenvalue weighted by atomic mass is 32.2. The van der Waals surface area contributed by atoms with Crippen molar-refractivity contribution in [3.8, 4) is 0 Å². The van der Waals surface area contributed by atoms with Crippen molar-refractivity contribution in [1.29, 1.82) is 0 Å². The maximum atomic E-state index is 5.92. The smallest absolute Gasteiger partial charge is 0.114 e. The molecule has 0 bridgehead atoms. The van der Waals surface area contributed by atoms with Crippen LogP contribution in [0.25, 0.3) is 0 Å². The molecule has 0 saturated heterocycles. The molecule has 2 rings (SSSR count). The van der Waals surface area contributed by atoms with Crippen molar-refractivity contribution in [2.45, 2.75) is 36.1 Å². The molecule has 0 amide bonds. The zero-order valence-electron chi connectivity index (χ0n) is 10.0. The van der Waals surface area contributed by atoms with Gasteiger partial charge in [0.2, 0.25) is 0 Å². The first-order valence-electron chi connectivity index (χ1n) is 5.64. The van der Waals surface area contributed by atoms with E-state index in [2.05, 4.69) is 18.0 Å². The second-order valence-electron chi connectivity index (χ2n) is 3.88. The molecule has 17 heavy (non-hydrogen) atoms. The maximum Gasteiger partial charge on any atom is 0.114 e. The minimum atomic E-state index is 0.0321. The van der Waals surface area contributed by atoms with Crippen LogP contribution >= 0.6 is 11.8 Å². The van der Waals surface area contributed by atoms with Crippen LogP contribution < -0.4 is 5.73 Å². The van der Waals surface area contributed by atoms with Gasteiger partial charge in [0, 0.05) is 17.1 Å². The molecule has 0 radical (unpaired) electrons. The van der Waals surface area contributed by atoms with E-state index in [4.69, 9.17) is 10.2 Å². The third kappa shape index (κ3) is 2.90. The molecule has 0 aliphatic carbocycles. The van der Waals surface area contributed by atoms with E-state index < -0.39 is 0 Å². The number of nitrogens with zero attached hydrogens (tertiary/aromatic N) is 1. The predicted octanol–water partition coefficient (Wildman–Crippen LogP) is 3.54. The largest absolute Gasteiger partial charge is 0.468 e. The number of rotatable bonds is 4. The fraction of sp³-hybridized carbons (Fsp3) is 0.308. The minimum Gasteiger partial charge on any atom is -0.468 e. The average molecular weight is 248 g/mol. The van der Waals surface area contributed by atoms with Gasteiger partial charge in [-0.25, -0.2) is 0 Å². The van der Waals surface area contributed by atoms with E-state index in [-0.39, 0.29) is 6.04 Å². The molecule has 3 nitrogen and oxygen atoms in total. The monoisotopic (exact) mass is 248 g/mol. The van der Waals surface area contributed by atoms with Gasteiger partial charge in [0.1, 0.15) is 5.76 Å². The Morgan fingerprint density at radius 1 is 1.41 bits per heavy atom. The van der Waals surface area contributed by atoms with Crippen LogP contribution in [0.4, 0.5) is 0 Å². The fourth-order valence-corrected chi connectivity index (χ4v) is 2.30. The molecule has 2 heterocycles. The van der Waals surface area contributed by atoms with E-state index in [0.29, 0.717) is 0 Å². The number of aryl methyl sites for hydroxylation is 1. The lowest BCUT2D eigenvalue weighted by atomic mass is 10.1. The molecule has 0 fully saturated rings. The number of aromatic nitrogens is 1. The molecule has 0 aromatic carbocycles. The Balaban J connectivity index is 2.11. The van der Waals surface area contributed by atoms with Crippen molar-refractivity contribution in [1.82, 2.24) is 4.98 Å². The van der Waals surface area contributed by atoms with Crippen LogP contribution in [-0.4, -0.2) is 4.98 Å². The summed E-state index contributed by atoms with van der Waals surface area (Å²) in [5.41, 5.74) is 6.87. The molecule has 2 aromatic heterocycles. The highest BCUT2D eigenvalue weighted by molar-refractivity contribution is 7.99. The molecule has 2 aromatic rings. The van der Waals surface area contributed by atoms with Crippen molar-refractivity contribution >= 4 is 11.8 Å². The van der Waals surface area contributed by atoms with E-state index in [0.717, 1.165) is 27.7 Å². The average Bonchev–Trinajstić information content (AvgIpc) is 2.75. The molecular formula is C13H16N2OS. The minimum absolute atomic E-state index is 0.0321. The van der Waals surface area contributed by atoms with E-state index in [1.165, 1.54) is 0 Å². The van der Waals surface area contributed by atoms with Crippen molar-refractivity contribution < 1.29 is 4.42 Å². The first-order chi connectivity index (χ1) is 8.20. The van der Waals surface area contributed by atoms with E-state index in [1.807, 2.05) is 25.3 Å². The van der Waals surface area contributed by atoms with Gasteiger partial charge in [-0.2, -0.15) is 0 Å². The van der Waals surface area contributed by atoms with Crippen LogP contribution in [-0.2, 0) is 0 Å². The second-order valence-corrected chi connectivity index (χ2v) is 4.99. The summed E-state index contributed by atoms with van der Waals surface area (Å²) in [5, 5.41) is 0. The molecule has 0 aliphatic rings. The van der Waals surface area contributed by atoms with Crippen LogP contribution in [0.1, 0.15) is 30.8 Å². The van der Waals surface area contributed by atoms with Crippen molar-refractivity contribution in [2.24, 2.45) is 5.73 Å². The van der Waals surface area contributed by atoms with Gasteiger partial charge in [0.05, 0.1) is 16.9 Å². The summed E-state index contributed by atoms with van der Waals surface area (Å²) in [4.78, 5) is 6.61. The topological polar surface area (TPSA) is 52.0 Å². The van der Waals surface area contributed by atoms with Crippen molar-refractivity contribution in [3.05, 3.63) is 42.1 Å². The molecule has 2 N–H and O–H groups in total. The Bertz CT molecular complexity index is 478. The molecule has 4 heteroatoms. The number of hydrogen-bond acceptors (Lipinski definition) is 4. The number of furan rings is 1. The summed E-state index contributed by atoms with van der Waals surface area (Å²) in [6.45, 7) is 4.01. The van der Waals surface area contributed by atoms with Gasteiger partial charge in [-0.15, -0.1) is 0 Å². The third-order valence-corrected chi connectivity index (χ3v) is 3.74. The summed E-state index contributed by atoms with van der Waals surface area (Å²) in [7, 11) is 0. The first kappa shape index (κ1) is 12.2. The van der Waals surface area contributed by atoms with Crippen molar-refractivity contribution in [3.63, 3.8) is 0 Å². The molecule has 1 atom stereocenters. The Morgan fingerprint density at radius 3 is 2.76 bits per heavy atom. The molecule has 0 saturated carbocycles. The highest BCUT2D eigenvalue weighted by Crippen LogP contribution is 2.30. The van der Waals surface area contributed by atoms with Crippen molar-refractivity contribution in [2.75, 3.05) is 0 Å². The summed E-state index contributed by atoms with van der Waals surface area (Å²) in [6.07, 6.45) is 4.47. The molecule has 90 valence electrons. The number of pyridine rings is 1. The quantitative estimate of drug-likeness (QED) is 0.899. The summed E-state index contributed by atoms with van der Waals surface area (Å²) in [6, 6.07) is 6.04. The second kappa shape index (κ2) is 5.38. The molecule has 0 spiro atoms. The van der Waals surface area contributed by atoms with Gasteiger partial charge in [-0.3, -0.25) is 4.98 Å². The van der Waals surface area contributed by atoms with E-state index in [1.54, 1.807) is 18.0 Å². The SMILES string of the molecule is CC[C@H](N)c1ccc(Sc2ccoc2C)cn1. The zero-order valence-corrected chi connectivity index (χ0v) is 10.8. The first-order valence-corrected chi connectivity index (χ1v) is 6.46. The lowest BCUT2D eigenvalue weighted by molar-refractivity contribution is 0.527. The summed E-state index contributed by atoms with van der Waals surface area (Å²) >= 11 is 1.65. The van der Waals surface area contributed by atoms with Gasteiger partial charge < -0.3 is 10.2 Å². The molecular weight excluding hydrogens is 232 g/mol. The van der Waals surface area contributed by atoms with Gasteiger partial charge in [-0.1, -0.05) is 18.7 Å². The Morgan fingerprint density at radius 2 is 2.24 bits per heavy atom. The van der Waals surface area contributed by atoms with Gasteiger partial charge >= 0.3 is 0 Å². The molecule has 0 unspecified atom stereocenters. The maximum absolute atomic E-state index is 5.92. The van der Waals surface area contributed by atoms with E-state index in [9.17, 15) is 0 Å². The fourth-order valence-electron chi connectivity index (χ4n) is 1.49. The number of hydrogen-bond donors (Lipinski definition) is 1. The third-order valence-electron chi connectivity index (χ3n) is 2.62. The number of nitrogens with two attached hydrogens (primary N) is 1. The van der Waals surface area contributed by atoms with Crippen LogP contribution in [0.5, 0.6) is 0 Å². The Labute approximate surface area is 105 Å². The summed E-state index contributed by atoms with van der Waals surface area (Å²) < 4.78 is 5.25. The van der Waals surface area contributed by atoms with Crippen LogP contribution in [0.15, 0.2) is 44.9 Å². The highest BCUT2D eigenvalue weighted by Gasteiger charge is 2.07. The standard InChI is InChI=1S/C13H16N2OS/c1-3-11(14)12-5-4-10(8-15-12)17-13-6-7-16-9(13)2/h4-8,11H,3,14H2,1-2H3/t11-/m0/s1. The summed E-state index contributed by atoms with van der Waals surface area (Å²) in [5.74, 6) is 0.935. The Kier molecular flexibility index (Phi) is 3.86. The van der Waals surface area contributed by atoms with Crippen LogP contribution in [0, 0.1) is 6.92 Å². The van der Waals surface area contributed by atoms with Crippen LogP contribution in [0.2, 0.25) is 0 Å². The van der Waals surface area contributed by atoms with Gasteiger partial charge in [0.25, 0.3) is 0 Å². The van der Waals surface area contributed by atoms with Crippen LogP contribution in [0.3, 0.4) is 0 Å². The van der Waals surface area contributed by atoms with Gasteiger partial charge in [-0.05, 0) is 31.5 Å². The predicted molar refractivity (Wildman–Crippen MR) is 69.0 cm³/mol. The zero-order chi connectivity index (χ0) is 12.3. The lowest BCUT2D eigenvalue weighted by Gasteiger charge is -2.08. The lowest BCUT2D eigenvalue weighted by Crippen LogP contribution is -2.10.